The van der Waals surface area contributed by atoms with Gasteiger partial charge in [0.1, 0.15) is 0 Å². The van der Waals surface area contributed by atoms with Gasteiger partial charge in [-0.1, -0.05) is 33.6 Å². The highest BCUT2D eigenvalue weighted by Gasteiger charge is 2.34. The fourth-order valence-corrected chi connectivity index (χ4v) is 3.53. The highest BCUT2D eigenvalue weighted by atomic mass is 32.2. The molecule has 0 radical (unpaired) electrons. The number of hydrogen-bond acceptors (Lipinski definition) is 3. The van der Waals surface area contributed by atoms with Crippen LogP contribution in [0.5, 0.6) is 0 Å². The molecule has 0 heterocycles. The summed E-state index contributed by atoms with van der Waals surface area (Å²) < 4.78 is 23.4. The molecule has 0 fully saturated rings. The maximum absolute atomic E-state index is 11.7. The molecule has 0 aliphatic heterocycles. The van der Waals surface area contributed by atoms with Gasteiger partial charge in [-0.05, 0) is 12.3 Å². The summed E-state index contributed by atoms with van der Waals surface area (Å²) in [6.07, 6.45) is 2.30. The lowest BCUT2D eigenvalue weighted by atomic mass is 10.1. The standard InChI is InChI=1S/C10H20O4S/c1-4-5-6-7-15(13,14)9(8(2)3)10(11)12/h8-9H,4-7H2,1-3H3,(H,11,12). The molecule has 1 N–H and O–H groups in total. The minimum absolute atomic E-state index is 0.0179. The number of rotatable bonds is 7. The molecule has 0 saturated carbocycles. The van der Waals surface area contributed by atoms with E-state index in [-0.39, 0.29) is 11.7 Å². The predicted octanol–water partition coefficient (Wildman–Crippen LogP) is 1.70. The van der Waals surface area contributed by atoms with Crippen molar-refractivity contribution in [3.05, 3.63) is 0 Å². The lowest BCUT2D eigenvalue weighted by molar-refractivity contribution is -0.137. The van der Waals surface area contributed by atoms with Crippen molar-refractivity contribution in [2.45, 2.75) is 45.3 Å². The quantitative estimate of drug-likeness (QED) is 0.683. The van der Waals surface area contributed by atoms with E-state index in [0.29, 0.717) is 6.42 Å². The van der Waals surface area contributed by atoms with Gasteiger partial charge in [-0.3, -0.25) is 4.79 Å². The van der Waals surface area contributed by atoms with E-state index in [4.69, 9.17) is 5.11 Å². The summed E-state index contributed by atoms with van der Waals surface area (Å²) in [5.74, 6) is -1.63. The molecular weight excluding hydrogens is 216 g/mol. The Morgan fingerprint density at radius 3 is 2.13 bits per heavy atom. The van der Waals surface area contributed by atoms with E-state index in [0.717, 1.165) is 12.8 Å². The SMILES string of the molecule is CCCCCS(=O)(=O)C(C(=O)O)C(C)C. The maximum atomic E-state index is 11.7. The fraction of sp³-hybridized carbons (Fsp3) is 0.900. The summed E-state index contributed by atoms with van der Waals surface area (Å²) >= 11 is 0. The predicted molar refractivity (Wildman–Crippen MR) is 59.6 cm³/mol. The molecule has 1 unspecified atom stereocenters. The Labute approximate surface area is 91.6 Å². The second-order valence-electron chi connectivity index (χ2n) is 4.08. The van der Waals surface area contributed by atoms with Crippen LogP contribution in [0.25, 0.3) is 0 Å². The molecule has 0 spiro atoms. The fourth-order valence-electron chi connectivity index (χ4n) is 1.53. The Morgan fingerprint density at radius 2 is 1.80 bits per heavy atom. The third kappa shape index (κ3) is 4.64. The van der Waals surface area contributed by atoms with Gasteiger partial charge in [-0.2, -0.15) is 0 Å². The van der Waals surface area contributed by atoms with Gasteiger partial charge in [0.25, 0.3) is 0 Å². The van der Waals surface area contributed by atoms with Gasteiger partial charge in [-0.15, -0.1) is 0 Å². The summed E-state index contributed by atoms with van der Waals surface area (Å²) in [5, 5.41) is 7.60. The first-order chi connectivity index (χ1) is 6.83. The van der Waals surface area contributed by atoms with E-state index in [1.807, 2.05) is 6.92 Å². The second kappa shape index (κ2) is 6.10. The van der Waals surface area contributed by atoms with E-state index < -0.39 is 21.1 Å². The van der Waals surface area contributed by atoms with Gasteiger partial charge in [0.05, 0.1) is 5.75 Å². The van der Waals surface area contributed by atoms with Gasteiger partial charge in [0.2, 0.25) is 0 Å². The molecule has 4 nitrogen and oxygen atoms in total. The zero-order valence-electron chi connectivity index (χ0n) is 9.56. The Hall–Kier alpha value is -0.580. The van der Waals surface area contributed by atoms with Crippen LogP contribution in [0.2, 0.25) is 0 Å². The molecule has 0 saturated heterocycles. The number of hydrogen-bond donors (Lipinski definition) is 1. The van der Waals surface area contributed by atoms with Crippen molar-refractivity contribution < 1.29 is 18.3 Å². The molecule has 0 aliphatic rings. The summed E-state index contributed by atoms with van der Waals surface area (Å²) in [5.41, 5.74) is 0. The molecule has 1 atom stereocenters. The first kappa shape index (κ1) is 14.4. The van der Waals surface area contributed by atoms with Crippen molar-refractivity contribution in [1.29, 1.82) is 0 Å². The van der Waals surface area contributed by atoms with Gasteiger partial charge >= 0.3 is 5.97 Å². The third-order valence-electron chi connectivity index (χ3n) is 2.27. The minimum atomic E-state index is -3.49. The molecular formula is C10H20O4S. The van der Waals surface area contributed by atoms with Gasteiger partial charge < -0.3 is 5.11 Å². The Balaban J connectivity index is 4.59. The highest BCUT2D eigenvalue weighted by Crippen LogP contribution is 2.15. The first-order valence-electron chi connectivity index (χ1n) is 5.27. The molecule has 0 rings (SSSR count). The van der Waals surface area contributed by atoms with Crippen molar-refractivity contribution in [3.8, 4) is 0 Å². The van der Waals surface area contributed by atoms with Crippen molar-refractivity contribution in [1.82, 2.24) is 0 Å². The van der Waals surface area contributed by atoms with Crippen LogP contribution in [0.15, 0.2) is 0 Å². The Kier molecular flexibility index (Phi) is 5.87. The second-order valence-corrected chi connectivity index (χ2v) is 6.32. The van der Waals surface area contributed by atoms with Crippen LogP contribution >= 0.6 is 0 Å². The third-order valence-corrected chi connectivity index (χ3v) is 4.65. The van der Waals surface area contributed by atoms with Gasteiger partial charge in [0.15, 0.2) is 15.1 Å². The Bertz CT molecular complexity index is 293. The number of unbranched alkanes of at least 4 members (excludes halogenated alkanes) is 2. The smallest absolute Gasteiger partial charge is 0.322 e. The van der Waals surface area contributed by atoms with E-state index >= 15 is 0 Å². The number of sulfone groups is 1. The van der Waals surface area contributed by atoms with E-state index in [9.17, 15) is 13.2 Å². The van der Waals surface area contributed by atoms with Crippen LogP contribution in [0.1, 0.15) is 40.0 Å². The largest absolute Gasteiger partial charge is 0.480 e. The summed E-state index contributed by atoms with van der Waals surface area (Å²) in [6, 6.07) is 0. The van der Waals surface area contributed by atoms with Crippen molar-refractivity contribution in [2.75, 3.05) is 5.75 Å². The van der Waals surface area contributed by atoms with Crippen molar-refractivity contribution >= 4 is 15.8 Å². The van der Waals surface area contributed by atoms with E-state index in [1.165, 1.54) is 0 Å². The number of carboxylic acid groups (broad SMARTS) is 1. The molecule has 0 aliphatic carbocycles. The van der Waals surface area contributed by atoms with Crippen LogP contribution in [-0.2, 0) is 14.6 Å². The Morgan fingerprint density at radius 1 is 1.27 bits per heavy atom. The zero-order chi connectivity index (χ0) is 12.1. The van der Waals surface area contributed by atoms with Crippen LogP contribution in [0, 0.1) is 5.92 Å². The molecule has 0 bridgehead atoms. The van der Waals surface area contributed by atoms with Crippen LogP contribution < -0.4 is 0 Å². The van der Waals surface area contributed by atoms with Gasteiger partial charge in [0, 0.05) is 0 Å². The summed E-state index contributed by atoms with van der Waals surface area (Å²) in [6.45, 7) is 5.22. The average molecular weight is 236 g/mol. The minimum Gasteiger partial charge on any atom is -0.480 e. The monoisotopic (exact) mass is 236 g/mol. The van der Waals surface area contributed by atoms with E-state index in [1.54, 1.807) is 13.8 Å². The molecule has 90 valence electrons. The molecule has 15 heavy (non-hydrogen) atoms. The highest BCUT2D eigenvalue weighted by molar-refractivity contribution is 7.92. The lowest BCUT2D eigenvalue weighted by Gasteiger charge is -2.16. The number of carboxylic acids is 1. The first-order valence-corrected chi connectivity index (χ1v) is 6.98. The van der Waals surface area contributed by atoms with E-state index in [2.05, 4.69) is 0 Å². The topological polar surface area (TPSA) is 71.4 Å². The molecule has 0 amide bonds. The molecule has 5 heteroatoms. The van der Waals surface area contributed by atoms with Crippen LogP contribution in [0.3, 0.4) is 0 Å². The molecule has 0 aromatic rings. The van der Waals surface area contributed by atoms with Crippen molar-refractivity contribution in [3.63, 3.8) is 0 Å². The molecule has 0 aromatic carbocycles. The summed E-state index contributed by atoms with van der Waals surface area (Å²) in [7, 11) is -3.49. The maximum Gasteiger partial charge on any atom is 0.322 e. The van der Waals surface area contributed by atoms with Crippen molar-refractivity contribution in [2.24, 2.45) is 5.92 Å². The molecule has 0 aromatic heterocycles. The van der Waals surface area contributed by atoms with Crippen LogP contribution in [-0.4, -0.2) is 30.5 Å². The normalized spacial score (nSPS) is 14.1. The number of carbonyl (C=O) groups is 1. The van der Waals surface area contributed by atoms with Gasteiger partial charge in [-0.25, -0.2) is 8.42 Å². The number of aliphatic carboxylic acids is 1. The average Bonchev–Trinajstić information content (AvgIpc) is 2.01. The van der Waals surface area contributed by atoms with Crippen LogP contribution in [0.4, 0.5) is 0 Å². The zero-order valence-corrected chi connectivity index (χ0v) is 10.4. The summed E-state index contributed by atoms with van der Waals surface area (Å²) in [4.78, 5) is 10.8. The lowest BCUT2D eigenvalue weighted by Crippen LogP contribution is -2.36.